The summed E-state index contributed by atoms with van der Waals surface area (Å²) in [5.41, 5.74) is 3.50. The Bertz CT molecular complexity index is 2120. The normalized spacial score (nSPS) is 12.1. The number of H-pyrrole nitrogens is 1. The molecule has 4 aromatic carbocycles. The zero-order valence-corrected chi connectivity index (χ0v) is 27.9. The molecule has 0 saturated carbocycles. The van der Waals surface area contributed by atoms with E-state index in [-0.39, 0.29) is 11.6 Å². The Morgan fingerprint density at radius 2 is 1.75 bits per heavy atom. The van der Waals surface area contributed by atoms with Gasteiger partial charge >= 0.3 is 0 Å². The van der Waals surface area contributed by atoms with E-state index in [0.717, 1.165) is 37.3 Å². The second-order valence-corrected chi connectivity index (χ2v) is 13.0. The number of amides is 3. The van der Waals surface area contributed by atoms with Crippen molar-refractivity contribution in [3.8, 4) is 5.75 Å². The number of rotatable bonds is 12. The van der Waals surface area contributed by atoms with Crippen molar-refractivity contribution in [3.63, 3.8) is 0 Å². The predicted octanol–water partition coefficient (Wildman–Crippen LogP) is 8.10. The number of nitrogens with zero attached hydrogens (tertiary/aromatic N) is 1. The summed E-state index contributed by atoms with van der Waals surface area (Å²) >= 11 is 2.80. The first-order chi connectivity index (χ1) is 23.4. The number of ether oxygens (including phenoxy) is 1. The van der Waals surface area contributed by atoms with Gasteiger partial charge in [0, 0.05) is 38.8 Å². The first kappa shape index (κ1) is 32.5. The van der Waals surface area contributed by atoms with E-state index in [0.29, 0.717) is 29.4 Å². The highest BCUT2D eigenvalue weighted by atomic mass is 32.2. The largest absolute Gasteiger partial charge is 0.494 e. The van der Waals surface area contributed by atoms with Crippen LogP contribution in [0.15, 0.2) is 114 Å². The Morgan fingerprint density at radius 1 is 0.938 bits per heavy atom. The number of thioether (sulfide) groups is 1. The molecular weight excluding hydrogens is 643 g/mol. The number of aromatic amines is 1. The van der Waals surface area contributed by atoms with Crippen LogP contribution in [0.25, 0.3) is 27.2 Å². The minimum atomic E-state index is -0.486. The lowest BCUT2D eigenvalue weighted by Crippen LogP contribution is -2.30. The molecule has 2 heterocycles. The van der Waals surface area contributed by atoms with Crippen molar-refractivity contribution < 1.29 is 19.1 Å². The maximum atomic E-state index is 13.7. The molecular formula is C37H33N5O4S2. The molecule has 0 bridgehead atoms. The van der Waals surface area contributed by atoms with Crippen LogP contribution in [0.1, 0.15) is 36.2 Å². The van der Waals surface area contributed by atoms with E-state index < -0.39 is 17.1 Å². The third-order valence-electron chi connectivity index (χ3n) is 7.38. The molecule has 0 aliphatic rings. The number of hydrogen-bond acceptors (Lipinski definition) is 7. The number of carbonyl (C=O) groups excluding carboxylic acids is 3. The molecule has 6 aromatic rings. The number of nitrogens with one attached hydrogen (secondary N) is 4. The van der Waals surface area contributed by atoms with Crippen LogP contribution in [0, 0.1) is 0 Å². The van der Waals surface area contributed by atoms with Gasteiger partial charge in [0.15, 0.2) is 5.13 Å². The van der Waals surface area contributed by atoms with Crippen molar-refractivity contribution in [2.24, 2.45) is 0 Å². The van der Waals surface area contributed by atoms with Gasteiger partial charge in [-0.3, -0.25) is 14.4 Å². The summed E-state index contributed by atoms with van der Waals surface area (Å²) in [4.78, 5) is 48.7. The van der Waals surface area contributed by atoms with Gasteiger partial charge < -0.3 is 25.7 Å². The molecule has 0 fully saturated rings. The summed E-state index contributed by atoms with van der Waals surface area (Å²) in [6, 6.07) is 29.4. The highest BCUT2D eigenvalue weighted by Gasteiger charge is 2.21. The Labute approximate surface area is 285 Å². The van der Waals surface area contributed by atoms with Crippen molar-refractivity contribution >= 4 is 78.8 Å². The first-order valence-electron chi connectivity index (χ1n) is 15.5. The molecule has 9 nitrogen and oxygen atoms in total. The zero-order chi connectivity index (χ0) is 33.5. The standard InChI is InChI=1S/C37H33N5O4S2/c1-3-32(36(45)42-37-41-30-18-17-26(46-4-2)21-33(30)48-37)47-27-14-10-13-25(20-27)39-35(44)31(40-34(43)23-11-6-5-7-12-23)19-24-22-38-29-16-9-8-15-28(24)29/h5-22,32,38H,3-4H2,1-2H3,(H,39,44)(H,40,43)(H,41,42,45)/b31-19-. The van der Waals surface area contributed by atoms with Gasteiger partial charge in [0.25, 0.3) is 11.8 Å². The fourth-order valence-corrected chi connectivity index (χ4v) is 6.95. The van der Waals surface area contributed by atoms with Crippen LogP contribution < -0.4 is 20.7 Å². The Balaban J connectivity index is 1.17. The summed E-state index contributed by atoms with van der Waals surface area (Å²) in [6.45, 7) is 4.46. The molecule has 0 saturated heterocycles. The third kappa shape index (κ3) is 7.76. The minimum absolute atomic E-state index is 0.0849. The van der Waals surface area contributed by atoms with Crippen molar-refractivity contribution in [3.05, 3.63) is 120 Å². The molecule has 0 spiro atoms. The van der Waals surface area contributed by atoms with E-state index in [1.165, 1.54) is 23.1 Å². The second-order valence-electron chi connectivity index (χ2n) is 10.7. The maximum Gasteiger partial charge on any atom is 0.272 e. The van der Waals surface area contributed by atoms with E-state index >= 15 is 0 Å². The van der Waals surface area contributed by atoms with Gasteiger partial charge in [-0.15, -0.1) is 11.8 Å². The summed E-state index contributed by atoms with van der Waals surface area (Å²) in [5.74, 6) is -0.283. The second kappa shape index (κ2) is 15.0. The van der Waals surface area contributed by atoms with Crippen LogP contribution in [-0.4, -0.2) is 39.5 Å². The van der Waals surface area contributed by atoms with Gasteiger partial charge in [0.2, 0.25) is 5.91 Å². The highest BCUT2D eigenvalue weighted by molar-refractivity contribution is 8.00. The van der Waals surface area contributed by atoms with Crippen LogP contribution in [0.2, 0.25) is 0 Å². The fraction of sp³-hybridized carbons (Fsp3) is 0.135. The number of aromatic nitrogens is 2. The smallest absolute Gasteiger partial charge is 0.272 e. The molecule has 0 radical (unpaired) electrons. The highest BCUT2D eigenvalue weighted by Crippen LogP contribution is 2.32. The van der Waals surface area contributed by atoms with Crippen LogP contribution in [-0.2, 0) is 9.59 Å². The third-order valence-corrected chi connectivity index (χ3v) is 9.68. The molecule has 11 heteroatoms. The number of para-hydroxylation sites is 1. The van der Waals surface area contributed by atoms with Crippen LogP contribution in [0.5, 0.6) is 5.75 Å². The van der Waals surface area contributed by atoms with Gasteiger partial charge in [-0.25, -0.2) is 4.98 Å². The molecule has 242 valence electrons. The summed E-state index contributed by atoms with van der Waals surface area (Å²) in [5, 5.41) is 9.73. The fourth-order valence-electron chi connectivity index (χ4n) is 5.04. The van der Waals surface area contributed by atoms with Crippen LogP contribution in [0.3, 0.4) is 0 Å². The molecule has 0 aliphatic heterocycles. The number of carbonyl (C=O) groups is 3. The Hall–Kier alpha value is -5.39. The predicted molar refractivity (Wildman–Crippen MR) is 195 cm³/mol. The number of anilines is 2. The van der Waals surface area contributed by atoms with Crippen molar-refractivity contribution in [1.82, 2.24) is 15.3 Å². The average Bonchev–Trinajstić information content (AvgIpc) is 3.70. The molecule has 1 unspecified atom stereocenters. The van der Waals surface area contributed by atoms with Gasteiger partial charge in [-0.2, -0.15) is 0 Å². The molecule has 6 rings (SSSR count). The monoisotopic (exact) mass is 675 g/mol. The summed E-state index contributed by atoms with van der Waals surface area (Å²) in [6.07, 6.45) is 4.03. The SMILES string of the molecule is CCOc1ccc2nc(NC(=O)C(CC)Sc3cccc(NC(=O)/C(=C/c4c[nH]c5ccccc45)NC(=O)c4ccccc4)c3)sc2c1. The first-order valence-corrected chi connectivity index (χ1v) is 17.2. The lowest BCUT2D eigenvalue weighted by atomic mass is 10.1. The number of fused-ring (bicyclic) bond motifs is 2. The van der Waals surface area contributed by atoms with Gasteiger partial charge in [-0.05, 0) is 74.0 Å². The van der Waals surface area contributed by atoms with Gasteiger partial charge in [0.05, 0.1) is 22.1 Å². The van der Waals surface area contributed by atoms with E-state index in [1.807, 2.05) is 80.6 Å². The van der Waals surface area contributed by atoms with Gasteiger partial charge in [0.1, 0.15) is 11.4 Å². The van der Waals surface area contributed by atoms with E-state index in [1.54, 1.807) is 42.6 Å². The van der Waals surface area contributed by atoms with E-state index in [4.69, 9.17) is 4.74 Å². The Kier molecular flexibility index (Phi) is 10.2. The van der Waals surface area contributed by atoms with Crippen LogP contribution >= 0.6 is 23.1 Å². The Morgan fingerprint density at radius 3 is 2.56 bits per heavy atom. The molecule has 0 aliphatic carbocycles. The summed E-state index contributed by atoms with van der Waals surface area (Å²) in [7, 11) is 0. The number of hydrogen-bond donors (Lipinski definition) is 4. The van der Waals surface area contributed by atoms with Crippen molar-refractivity contribution in [1.29, 1.82) is 0 Å². The molecule has 2 aromatic heterocycles. The lowest BCUT2D eigenvalue weighted by Gasteiger charge is -2.15. The van der Waals surface area contributed by atoms with Crippen LogP contribution in [0.4, 0.5) is 10.8 Å². The lowest BCUT2D eigenvalue weighted by molar-refractivity contribution is -0.116. The molecule has 3 amide bonds. The number of benzene rings is 4. The zero-order valence-electron chi connectivity index (χ0n) is 26.3. The van der Waals surface area contributed by atoms with Gasteiger partial charge in [-0.1, -0.05) is 60.7 Å². The quantitative estimate of drug-likeness (QED) is 0.0768. The number of thiazole rings is 1. The summed E-state index contributed by atoms with van der Waals surface area (Å²) < 4.78 is 6.52. The minimum Gasteiger partial charge on any atom is -0.494 e. The van der Waals surface area contributed by atoms with Crippen molar-refractivity contribution in [2.45, 2.75) is 30.4 Å². The maximum absolute atomic E-state index is 13.7. The molecule has 4 N–H and O–H groups in total. The topological polar surface area (TPSA) is 125 Å². The average molecular weight is 676 g/mol. The molecule has 48 heavy (non-hydrogen) atoms. The molecule has 1 atom stereocenters. The van der Waals surface area contributed by atoms with E-state index in [2.05, 4.69) is 25.9 Å². The van der Waals surface area contributed by atoms with Crippen molar-refractivity contribution in [2.75, 3.05) is 17.2 Å². The van der Waals surface area contributed by atoms with E-state index in [9.17, 15) is 14.4 Å².